The van der Waals surface area contributed by atoms with Crippen LogP contribution in [0.15, 0.2) is 24.3 Å². The zero-order chi connectivity index (χ0) is 16.8. The van der Waals surface area contributed by atoms with Gasteiger partial charge in [-0.3, -0.25) is 4.79 Å². The number of para-hydroxylation sites is 1. The highest BCUT2D eigenvalue weighted by atomic mass is 35.5. The van der Waals surface area contributed by atoms with E-state index in [2.05, 4.69) is 22.3 Å². The van der Waals surface area contributed by atoms with Gasteiger partial charge in [0.15, 0.2) is 0 Å². The predicted molar refractivity (Wildman–Crippen MR) is 103 cm³/mol. The minimum Gasteiger partial charge on any atom is -0.496 e. The van der Waals surface area contributed by atoms with Gasteiger partial charge in [-0.15, -0.1) is 12.4 Å². The fourth-order valence-electron chi connectivity index (χ4n) is 4.02. The quantitative estimate of drug-likeness (QED) is 0.840. The van der Waals surface area contributed by atoms with Crippen LogP contribution in [0.25, 0.3) is 0 Å². The predicted octanol–water partition coefficient (Wildman–Crippen LogP) is 3.29. The van der Waals surface area contributed by atoms with Crippen molar-refractivity contribution < 1.29 is 9.53 Å². The van der Waals surface area contributed by atoms with Gasteiger partial charge < -0.3 is 15.0 Å². The highest BCUT2D eigenvalue weighted by Crippen LogP contribution is 2.27. The van der Waals surface area contributed by atoms with Crippen molar-refractivity contribution in [3.63, 3.8) is 0 Å². The number of carbonyl (C=O) groups excluding carboxylic acids is 1. The van der Waals surface area contributed by atoms with Crippen LogP contribution >= 0.6 is 12.4 Å². The summed E-state index contributed by atoms with van der Waals surface area (Å²) in [6, 6.07) is 8.29. The molecule has 140 valence electrons. The Morgan fingerprint density at radius 2 is 1.96 bits per heavy atom. The van der Waals surface area contributed by atoms with Crippen LogP contribution in [0.4, 0.5) is 0 Å². The molecule has 2 aliphatic rings. The maximum absolute atomic E-state index is 12.4. The summed E-state index contributed by atoms with van der Waals surface area (Å²) in [7, 11) is 1.74. The number of nitrogens with one attached hydrogen (secondary N) is 1. The Labute approximate surface area is 157 Å². The summed E-state index contributed by atoms with van der Waals surface area (Å²) in [5.74, 6) is 2.71. The molecule has 2 heterocycles. The van der Waals surface area contributed by atoms with Crippen LogP contribution in [-0.4, -0.2) is 44.1 Å². The normalized spacial score (nSPS) is 21.0. The van der Waals surface area contributed by atoms with Crippen molar-refractivity contribution in [1.29, 1.82) is 0 Å². The number of carbonyl (C=O) groups is 1. The molecule has 1 amide bonds. The van der Waals surface area contributed by atoms with Crippen molar-refractivity contribution in [2.24, 2.45) is 11.8 Å². The Morgan fingerprint density at radius 1 is 1.20 bits per heavy atom. The van der Waals surface area contributed by atoms with Gasteiger partial charge in [0.25, 0.3) is 0 Å². The summed E-state index contributed by atoms with van der Waals surface area (Å²) in [6.45, 7) is 4.05. The van der Waals surface area contributed by atoms with Gasteiger partial charge in [0.05, 0.1) is 7.11 Å². The molecule has 1 N–H and O–H groups in total. The van der Waals surface area contributed by atoms with Crippen LogP contribution in [-0.2, 0) is 11.2 Å². The maximum atomic E-state index is 12.4. The number of rotatable bonds is 6. The van der Waals surface area contributed by atoms with Crippen LogP contribution in [0.3, 0.4) is 0 Å². The third-order valence-corrected chi connectivity index (χ3v) is 5.60. The SMILES string of the molecule is COc1ccccc1CC1CCN(C(=O)CCC2CCNC2)CC1.Cl. The molecule has 2 fully saturated rings. The molecule has 0 aliphatic carbocycles. The van der Waals surface area contributed by atoms with E-state index in [1.807, 2.05) is 12.1 Å². The van der Waals surface area contributed by atoms with E-state index in [0.717, 1.165) is 64.0 Å². The smallest absolute Gasteiger partial charge is 0.222 e. The largest absolute Gasteiger partial charge is 0.496 e. The van der Waals surface area contributed by atoms with Gasteiger partial charge in [-0.25, -0.2) is 0 Å². The Morgan fingerprint density at radius 3 is 2.64 bits per heavy atom. The van der Waals surface area contributed by atoms with E-state index >= 15 is 0 Å². The molecule has 1 aromatic rings. The molecule has 1 unspecified atom stereocenters. The third kappa shape index (κ3) is 5.61. The van der Waals surface area contributed by atoms with E-state index in [-0.39, 0.29) is 12.4 Å². The first-order valence-corrected chi connectivity index (χ1v) is 9.36. The van der Waals surface area contributed by atoms with Gasteiger partial charge >= 0.3 is 0 Å². The molecule has 3 rings (SSSR count). The Hall–Kier alpha value is -1.26. The van der Waals surface area contributed by atoms with E-state index in [0.29, 0.717) is 17.7 Å². The summed E-state index contributed by atoms with van der Waals surface area (Å²) in [4.78, 5) is 14.5. The van der Waals surface area contributed by atoms with Crippen molar-refractivity contribution in [2.45, 2.75) is 38.5 Å². The molecule has 5 heteroatoms. The van der Waals surface area contributed by atoms with E-state index in [9.17, 15) is 4.79 Å². The first kappa shape index (κ1) is 20.1. The Kier molecular flexibility index (Phi) is 8.04. The van der Waals surface area contributed by atoms with Crippen molar-refractivity contribution in [3.05, 3.63) is 29.8 Å². The standard InChI is InChI=1S/C20H30N2O2.ClH/c1-24-19-5-3-2-4-18(19)14-16-9-12-22(13-10-16)20(23)7-6-17-8-11-21-15-17;/h2-5,16-17,21H,6-15H2,1H3;1H. The first-order valence-electron chi connectivity index (χ1n) is 9.36. The lowest BCUT2D eigenvalue weighted by atomic mass is 9.89. The average molecular weight is 367 g/mol. The fourth-order valence-corrected chi connectivity index (χ4v) is 4.02. The highest BCUT2D eigenvalue weighted by Gasteiger charge is 2.24. The van der Waals surface area contributed by atoms with Crippen molar-refractivity contribution >= 4 is 18.3 Å². The van der Waals surface area contributed by atoms with Crippen molar-refractivity contribution in [2.75, 3.05) is 33.3 Å². The van der Waals surface area contributed by atoms with Gasteiger partial charge in [-0.1, -0.05) is 18.2 Å². The second kappa shape index (κ2) is 10.0. The number of benzene rings is 1. The maximum Gasteiger partial charge on any atom is 0.222 e. The molecule has 25 heavy (non-hydrogen) atoms. The molecule has 0 spiro atoms. The zero-order valence-electron chi connectivity index (χ0n) is 15.2. The monoisotopic (exact) mass is 366 g/mol. The molecular weight excluding hydrogens is 336 g/mol. The van der Waals surface area contributed by atoms with Crippen LogP contribution in [0.2, 0.25) is 0 Å². The lowest BCUT2D eigenvalue weighted by Gasteiger charge is -2.32. The molecule has 0 radical (unpaired) electrons. The lowest BCUT2D eigenvalue weighted by Crippen LogP contribution is -2.39. The number of ether oxygens (including phenoxy) is 1. The van der Waals surface area contributed by atoms with Gasteiger partial charge in [-0.2, -0.15) is 0 Å². The van der Waals surface area contributed by atoms with Crippen LogP contribution < -0.4 is 10.1 Å². The summed E-state index contributed by atoms with van der Waals surface area (Å²) >= 11 is 0. The number of likely N-dealkylation sites (tertiary alicyclic amines) is 1. The molecule has 2 saturated heterocycles. The molecule has 0 saturated carbocycles. The molecular formula is C20H31ClN2O2. The molecule has 2 aliphatic heterocycles. The number of methoxy groups -OCH3 is 1. The second-order valence-corrected chi connectivity index (χ2v) is 7.24. The molecule has 0 aromatic heterocycles. The number of halogens is 1. The average Bonchev–Trinajstić information content (AvgIpc) is 3.14. The first-order chi connectivity index (χ1) is 11.8. The second-order valence-electron chi connectivity index (χ2n) is 7.24. The van der Waals surface area contributed by atoms with E-state index in [1.165, 1.54) is 12.0 Å². The Balaban J connectivity index is 0.00000225. The fraction of sp³-hybridized carbons (Fsp3) is 0.650. The number of hydrogen-bond donors (Lipinski definition) is 1. The number of hydrogen-bond acceptors (Lipinski definition) is 3. The third-order valence-electron chi connectivity index (χ3n) is 5.60. The zero-order valence-corrected chi connectivity index (χ0v) is 16.0. The van der Waals surface area contributed by atoms with Crippen molar-refractivity contribution in [1.82, 2.24) is 10.2 Å². The van der Waals surface area contributed by atoms with Gasteiger partial charge in [0.1, 0.15) is 5.75 Å². The summed E-state index contributed by atoms with van der Waals surface area (Å²) in [5.41, 5.74) is 1.29. The van der Waals surface area contributed by atoms with E-state index in [4.69, 9.17) is 4.74 Å². The van der Waals surface area contributed by atoms with Gasteiger partial charge in [0, 0.05) is 19.5 Å². The molecule has 4 nitrogen and oxygen atoms in total. The number of nitrogens with zero attached hydrogens (tertiary/aromatic N) is 1. The highest BCUT2D eigenvalue weighted by molar-refractivity contribution is 5.85. The molecule has 1 atom stereocenters. The summed E-state index contributed by atoms with van der Waals surface area (Å²) < 4.78 is 5.46. The molecule has 1 aromatic carbocycles. The van der Waals surface area contributed by atoms with Gasteiger partial charge in [-0.05, 0) is 68.7 Å². The minimum absolute atomic E-state index is 0. The summed E-state index contributed by atoms with van der Waals surface area (Å²) in [5, 5.41) is 3.38. The number of amides is 1. The Bertz CT molecular complexity index is 538. The van der Waals surface area contributed by atoms with E-state index < -0.39 is 0 Å². The molecule has 0 bridgehead atoms. The summed E-state index contributed by atoms with van der Waals surface area (Å²) in [6.07, 6.45) is 6.27. The lowest BCUT2D eigenvalue weighted by molar-refractivity contribution is -0.132. The topological polar surface area (TPSA) is 41.6 Å². The number of piperidine rings is 1. The van der Waals surface area contributed by atoms with Crippen LogP contribution in [0.1, 0.15) is 37.7 Å². The van der Waals surface area contributed by atoms with Gasteiger partial charge in [0.2, 0.25) is 5.91 Å². The van der Waals surface area contributed by atoms with Crippen molar-refractivity contribution in [3.8, 4) is 5.75 Å². The minimum atomic E-state index is 0. The van der Waals surface area contributed by atoms with Crippen LogP contribution in [0, 0.1) is 11.8 Å². The van der Waals surface area contributed by atoms with Crippen LogP contribution in [0.5, 0.6) is 5.75 Å². The van der Waals surface area contributed by atoms with E-state index in [1.54, 1.807) is 7.11 Å².